The molecule has 0 amide bonds. The molecule has 0 saturated carbocycles. The molecule has 0 bridgehead atoms. The molecular formula is C3H11Cl6NO2. The summed E-state index contributed by atoms with van der Waals surface area (Å²) in [5, 5.41) is 7.00. The van der Waals surface area contributed by atoms with Crippen LogP contribution in [0, 0.1) is 0 Å². The standard InChI is InChI=1S/2CHCl3.CH4O.H3N.H2O/c2*2-1(3)4;1-2;;/h2*1H;2H,1H3;1H3;1H2. The maximum absolute atomic E-state index is 7.00. The Labute approximate surface area is 102 Å². The lowest BCUT2D eigenvalue weighted by molar-refractivity contribution is 0.399. The Hall–Kier alpha value is 1.62. The lowest BCUT2D eigenvalue weighted by atomic mass is 11.8. The highest BCUT2D eigenvalue weighted by atomic mass is 35.6. The first-order chi connectivity index (χ1) is 4.46. The van der Waals surface area contributed by atoms with E-state index in [-0.39, 0.29) is 11.6 Å². The van der Waals surface area contributed by atoms with Crippen LogP contribution in [0.5, 0.6) is 0 Å². The summed E-state index contributed by atoms with van der Waals surface area (Å²) in [6.07, 6.45) is 0. The van der Waals surface area contributed by atoms with Crippen molar-refractivity contribution >= 4 is 69.6 Å². The summed E-state index contributed by atoms with van der Waals surface area (Å²) in [5.41, 5.74) is 0. The van der Waals surface area contributed by atoms with Crippen molar-refractivity contribution in [1.29, 1.82) is 0 Å². The minimum atomic E-state index is -0.750. The van der Waals surface area contributed by atoms with Crippen molar-refractivity contribution in [3.05, 3.63) is 0 Å². The van der Waals surface area contributed by atoms with Crippen molar-refractivity contribution in [3.63, 3.8) is 0 Å². The highest BCUT2D eigenvalue weighted by molar-refractivity contribution is 6.63. The van der Waals surface area contributed by atoms with Crippen LogP contribution in [-0.2, 0) is 0 Å². The van der Waals surface area contributed by atoms with Crippen LogP contribution in [0.4, 0.5) is 0 Å². The molecule has 0 spiro atoms. The molecule has 6 N–H and O–H groups in total. The first kappa shape index (κ1) is 29.2. The molecule has 0 aliphatic heterocycles. The molecule has 9 heteroatoms. The third-order valence-corrected chi connectivity index (χ3v) is 0. The van der Waals surface area contributed by atoms with Crippen LogP contribution >= 0.6 is 69.6 Å². The fourth-order valence-corrected chi connectivity index (χ4v) is 0. The number of aliphatic hydroxyl groups is 1. The van der Waals surface area contributed by atoms with Gasteiger partial charge in [-0.05, 0) is 0 Å². The number of alkyl halides is 6. The predicted molar refractivity (Wildman–Crippen MR) is 59.5 cm³/mol. The normalized spacial score (nSPS) is 6.50. The van der Waals surface area contributed by atoms with E-state index >= 15 is 0 Å². The maximum Gasteiger partial charge on any atom is 0.180 e. The zero-order valence-electron chi connectivity index (χ0n) is 6.08. The van der Waals surface area contributed by atoms with E-state index in [1.54, 1.807) is 0 Å². The summed E-state index contributed by atoms with van der Waals surface area (Å²) in [6, 6.07) is 0. The summed E-state index contributed by atoms with van der Waals surface area (Å²) in [4.78, 5) is 0. The molecule has 12 heavy (non-hydrogen) atoms. The van der Waals surface area contributed by atoms with Gasteiger partial charge < -0.3 is 16.7 Å². The van der Waals surface area contributed by atoms with Gasteiger partial charge in [-0.3, -0.25) is 0 Å². The highest BCUT2D eigenvalue weighted by Gasteiger charge is 1.79. The van der Waals surface area contributed by atoms with Crippen molar-refractivity contribution in [3.8, 4) is 0 Å². The first-order valence-corrected chi connectivity index (χ1v) is 4.38. The van der Waals surface area contributed by atoms with Crippen LogP contribution < -0.4 is 6.15 Å². The van der Waals surface area contributed by atoms with E-state index in [4.69, 9.17) is 74.7 Å². The van der Waals surface area contributed by atoms with Gasteiger partial charge in [0.1, 0.15) is 0 Å². The third-order valence-electron chi connectivity index (χ3n) is 0. The average molecular weight is 306 g/mol. The van der Waals surface area contributed by atoms with E-state index in [0.717, 1.165) is 7.11 Å². The van der Waals surface area contributed by atoms with Crippen molar-refractivity contribution in [2.45, 2.75) is 8.59 Å². The molecule has 3 nitrogen and oxygen atoms in total. The van der Waals surface area contributed by atoms with E-state index in [1.807, 2.05) is 0 Å². The fourth-order valence-electron chi connectivity index (χ4n) is 0. The van der Waals surface area contributed by atoms with Gasteiger partial charge in [-0.25, -0.2) is 0 Å². The van der Waals surface area contributed by atoms with E-state index in [0.29, 0.717) is 0 Å². The topological polar surface area (TPSA) is 86.7 Å². The molecule has 0 fully saturated rings. The summed E-state index contributed by atoms with van der Waals surface area (Å²) < 4.78 is -1.50. The number of hydrogen-bond donors (Lipinski definition) is 2. The van der Waals surface area contributed by atoms with Crippen molar-refractivity contribution in [2.75, 3.05) is 7.11 Å². The monoisotopic (exact) mass is 303 g/mol. The van der Waals surface area contributed by atoms with Gasteiger partial charge in [-0.2, -0.15) is 0 Å². The highest BCUT2D eigenvalue weighted by Crippen LogP contribution is 2.04. The fraction of sp³-hybridized carbons (Fsp3) is 1.00. The Morgan fingerprint density at radius 3 is 0.750 bits per heavy atom. The average Bonchev–Trinajstić information content (AvgIpc) is 1.66. The molecule has 0 rings (SSSR count). The number of rotatable bonds is 0. The van der Waals surface area contributed by atoms with Crippen LogP contribution in [0.15, 0.2) is 0 Å². The van der Waals surface area contributed by atoms with Gasteiger partial charge in [0.05, 0.1) is 0 Å². The second-order valence-electron chi connectivity index (χ2n) is 0.495. The largest absolute Gasteiger partial charge is 0.412 e. The van der Waals surface area contributed by atoms with Crippen LogP contribution in [0.2, 0.25) is 0 Å². The molecule has 82 valence electrons. The van der Waals surface area contributed by atoms with E-state index < -0.39 is 8.59 Å². The molecule has 0 atom stereocenters. The van der Waals surface area contributed by atoms with Crippen LogP contribution in [0.1, 0.15) is 0 Å². The quantitative estimate of drug-likeness (QED) is 0.674. The van der Waals surface area contributed by atoms with Gasteiger partial charge in [0.25, 0.3) is 0 Å². The van der Waals surface area contributed by atoms with Gasteiger partial charge in [-0.1, -0.05) is 69.6 Å². The third kappa shape index (κ3) is 499. The van der Waals surface area contributed by atoms with E-state index in [2.05, 4.69) is 0 Å². The van der Waals surface area contributed by atoms with Gasteiger partial charge in [-0.15, -0.1) is 0 Å². The summed E-state index contributed by atoms with van der Waals surface area (Å²) >= 11 is 28.8. The first-order valence-electron chi connectivity index (χ1n) is 1.76. The molecular weight excluding hydrogens is 295 g/mol. The molecule has 0 aromatic carbocycles. The summed E-state index contributed by atoms with van der Waals surface area (Å²) in [5.74, 6) is 0. The second kappa shape index (κ2) is 29.3. The van der Waals surface area contributed by atoms with Gasteiger partial charge in [0.15, 0.2) is 8.59 Å². The molecule has 0 heterocycles. The summed E-state index contributed by atoms with van der Waals surface area (Å²) in [6.45, 7) is 0. The number of hydrogen-bond acceptors (Lipinski definition) is 2. The van der Waals surface area contributed by atoms with Crippen molar-refractivity contribution < 1.29 is 10.6 Å². The number of aliphatic hydroxyl groups excluding tert-OH is 1. The smallest absolute Gasteiger partial charge is 0.180 e. The maximum atomic E-state index is 7.00. The van der Waals surface area contributed by atoms with Crippen LogP contribution in [0.25, 0.3) is 0 Å². The lowest BCUT2D eigenvalue weighted by Gasteiger charge is -1.69. The molecule has 0 aliphatic carbocycles. The van der Waals surface area contributed by atoms with Crippen LogP contribution in [0.3, 0.4) is 0 Å². The molecule has 0 saturated heterocycles. The molecule has 0 aromatic rings. The lowest BCUT2D eigenvalue weighted by Crippen LogP contribution is -1.55. The van der Waals surface area contributed by atoms with Gasteiger partial charge in [0, 0.05) is 7.11 Å². The molecule has 0 aliphatic rings. The van der Waals surface area contributed by atoms with Gasteiger partial charge in [0.2, 0.25) is 0 Å². The zero-order valence-corrected chi connectivity index (χ0v) is 10.6. The predicted octanol–water partition coefficient (Wildman–Crippen LogP) is 2.92. The Morgan fingerprint density at radius 2 is 0.750 bits per heavy atom. The molecule has 0 radical (unpaired) electrons. The zero-order chi connectivity index (χ0) is 9.15. The minimum Gasteiger partial charge on any atom is -0.412 e. The second-order valence-corrected chi connectivity index (χ2v) is 4.45. The Balaban J connectivity index is -0.0000000198. The SMILES string of the molecule is CO.ClC(Cl)Cl.ClC(Cl)Cl.N.O. The Bertz CT molecular complexity index is 36.3. The van der Waals surface area contributed by atoms with Crippen molar-refractivity contribution in [2.24, 2.45) is 0 Å². The minimum absolute atomic E-state index is 0. The van der Waals surface area contributed by atoms with E-state index in [1.165, 1.54) is 0 Å². The van der Waals surface area contributed by atoms with Crippen molar-refractivity contribution in [1.82, 2.24) is 6.15 Å². The Morgan fingerprint density at radius 1 is 0.750 bits per heavy atom. The van der Waals surface area contributed by atoms with Crippen LogP contribution in [-0.4, -0.2) is 26.3 Å². The summed E-state index contributed by atoms with van der Waals surface area (Å²) in [7, 11) is 1.00. The molecule has 0 unspecified atom stereocenters. The molecule has 0 aromatic heterocycles. The van der Waals surface area contributed by atoms with E-state index in [9.17, 15) is 0 Å². The Kier molecular flexibility index (Phi) is 71.4. The number of halogens is 6. The van der Waals surface area contributed by atoms with Gasteiger partial charge >= 0.3 is 0 Å².